The zero-order chi connectivity index (χ0) is 15.5. The van der Waals surface area contributed by atoms with E-state index < -0.39 is 6.09 Å². The van der Waals surface area contributed by atoms with Gasteiger partial charge in [0.25, 0.3) is 0 Å². The number of imidazole rings is 1. The van der Waals surface area contributed by atoms with E-state index in [0.29, 0.717) is 21.7 Å². The van der Waals surface area contributed by atoms with Crippen LogP contribution in [0.4, 0.5) is 10.5 Å². The fourth-order valence-corrected chi connectivity index (χ4v) is 2.29. The molecular formula is C15H12ClN3O3. The minimum absolute atomic E-state index is 0.153. The van der Waals surface area contributed by atoms with Crippen LogP contribution < -0.4 is 11.0 Å². The molecule has 3 aromatic rings. The van der Waals surface area contributed by atoms with Crippen LogP contribution in [0.1, 0.15) is 5.56 Å². The van der Waals surface area contributed by atoms with Gasteiger partial charge >= 0.3 is 11.8 Å². The molecule has 1 aromatic heterocycles. The molecule has 1 amide bonds. The lowest BCUT2D eigenvalue weighted by Crippen LogP contribution is -2.14. The van der Waals surface area contributed by atoms with Crippen LogP contribution in [0.25, 0.3) is 11.0 Å². The van der Waals surface area contributed by atoms with Gasteiger partial charge in [-0.15, -0.1) is 0 Å². The lowest BCUT2D eigenvalue weighted by atomic mass is 10.2. The zero-order valence-electron chi connectivity index (χ0n) is 11.4. The third kappa shape index (κ3) is 3.12. The highest BCUT2D eigenvalue weighted by atomic mass is 35.5. The largest absolute Gasteiger partial charge is 0.444 e. The van der Waals surface area contributed by atoms with Crippen molar-refractivity contribution in [1.82, 2.24) is 9.97 Å². The SMILES string of the molecule is O=C(Nc1cc(Cl)cc2[nH]c(=O)[nH]c12)OCc1ccccc1. The summed E-state index contributed by atoms with van der Waals surface area (Å²) < 4.78 is 5.13. The second-order valence-electron chi connectivity index (χ2n) is 4.64. The fraction of sp³-hybridized carbons (Fsp3) is 0.0667. The molecule has 0 aliphatic heterocycles. The maximum Gasteiger partial charge on any atom is 0.412 e. The summed E-state index contributed by atoms with van der Waals surface area (Å²) in [6.07, 6.45) is -0.630. The zero-order valence-corrected chi connectivity index (χ0v) is 12.1. The van der Waals surface area contributed by atoms with Crippen LogP contribution in [-0.2, 0) is 11.3 Å². The van der Waals surface area contributed by atoms with E-state index in [1.807, 2.05) is 30.3 Å². The number of hydrogen-bond donors (Lipinski definition) is 3. The Morgan fingerprint density at radius 3 is 2.73 bits per heavy atom. The second-order valence-corrected chi connectivity index (χ2v) is 5.08. The number of nitrogens with one attached hydrogen (secondary N) is 3. The van der Waals surface area contributed by atoms with Crippen molar-refractivity contribution in [3.8, 4) is 0 Å². The van der Waals surface area contributed by atoms with E-state index >= 15 is 0 Å². The van der Waals surface area contributed by atoms with Gasteiger partial charge in [0, 0.05) is 5.02 Å². The van der Waals surface area contributed by atoms with E-state index in [4.69, 9.17) is 16.3 Å². The lowest BCUT2D eigenvalue weighted by Gasteiger charge is -2.08. The highest BCUT2D eigenvalue weighted by Gasteiger charge is 2.10. The van der Waals surface area contributed by atoms with E-state index in [9.17, 15) is 9.59 Å². The third-order valence-corrected chi connectivity index (χ3v) is 3.26. The molecule has 22 heavy (non-hydrogen) atoms. The number of benzene rings is 2. The van der Waals surface area contributed by atoms with Crippen molar-refractivity contribution < 1.29 is 9.53 Å². The van der Waals surface area contributed by atoms with Gasteiger partial charge in [-0.2, -0.15) is 0 Å². The summed E-state index contributed by atoms with van der Waals surface area (Å²) in [6, 6.07) is 12.5. The first-order chi connectivity index (χ1) is 10.6. The summed E-state index contributed by atoms with van der Waals surface area (Å²) in [5, 5.41) is 2.96. The maximum atomic E-state index is 11.9. The predicted molar refractivity (Wildman–Crippen MR) is 84.2 cm³/mol. The number of aromatic amines is 2. The van der Waals surface area contributed by atoms with Gasteiger partial charge in [-0.05, 0) is 17.7 Å². The van der Waals surface area contributed by atoms with Gasteiger partial charge in [0.1, 0.15) is 6.61 Å². The van der Waals surface area contributed by atoms with Gasteiger partial charge in [-0.3, -0.25) is 5.32 Å². The quantitative estimate of drug-likeness (QED) is 0.693. The number of aromatic nitrogens is 2. The van der Waals surface area contributed by atoms with E-state index in [2.05, 4.69) is 15.3 Å². The number of anilines is 1. The van der Waals surface area contributed by atoms with Crippen molar-refractivity contribution in [2.24, 2.45) is 0 Å². The summed E-state index contributed by atoms with van der Waals surface area (Å²) in [6.45, 7) is 0.153. The average molecular weight is 318 g/mol. The molecular weight excluding hydrogens is 306 g/mol. The van der Waals surface area contributed by atoms with E-state index in [-0.39, 0.29) is 12.3 Å². The number of H-pyrrole nitrogens is 2. The van der Waals surface area contributed by atoms with Gasteiger partial charge in [0.15, 0.2) is 0 Å². The van der Waals surface area contributed by atoms with Crippen molar-refractivity contribution in [3.63, 3.8) is 0 Å². The molecule has 0 bridgehead atoms. The molecule has 6 nitrogen and oxygen atoms in total. The van der Waals surface area contributed by atoms with Crippen LogP contribution in [0.15, 0.2) is 47.3 Å². The third-order valence-electron chi connectivity index (χ3n) is 3.04. The van der Waals surface area contributed by atoms with E-state index in [0.717, 1.165) is 5.56 Å². The molecule has 0 atom stereocenters. The topological polar surface area (TPSA) is 87.0 Å². The van der Waals surface area contributed by atoms with Crippen LogP contribution in [0.5, 0.6) is 0 Å². The van der Waals surface area contributed by atoms with Crippen LogP contribution in [0.3, 0.4) is 0 Å². The molecule has 112 valence electrons. The Balaban J connectivity index is 1.75. The number of ether oxygens (including phenoxy) is 1. The molecule has 7 heteroatoms. The molecule has 0 radical (unpaired) electrons. The van der Waals surface area contributed by atoms with Crippen LogP contribution in [0.2, 0.25) is 5.02 Å². The molecule has 3 N–H and O–H groups in total. The molecule has 0 aliphatic carbocycles. The molecule has 0 fully saturated rings. The summed E-state index contributed by atoms with van der Waals surface area (Å²) in [7, 11) is 0. The Kier molecular flexibility index (Phi) is 3.84. The normalized spacial score (nSPS) is 10.6. The number of carbonyl (C=O) groups excluding carboxylic acids is 1. The molecule has 0 saturated carbocycles. The molecule has 0 saturated heterocycles. The minimum atomic E-state index is -0.630. The van der Waals surface area contributed by atoms with Crippen molar-refractivity contribution in [2.75, 3.05) is 5.32 Å². The Bertz CT molecular complexity index is 871. The average Bonchev–Trinajstić information content (AvgIpc) is 2.86. The number of halogens is 1. The van der Waals surface area contributed by atoms with Gasteiger partial charge in [0.2, 0.25) is 0 Å². The standard InChI is InChI=1S/C15H12ClN3O3/c16-10-6-11-13(19-14(20)17-11)12(7-10)18-15(21)22-8-9-4-2-1-3-5-9/h1-7H,8H2,(H,18,21)(H2,17,19,20). The van der Waals surface area contributed by atoms with Gasteiger partial charge in [-0.25, -0.2) is 9.59 Å². The smallest absolute Gasteiger partial charge is 0.412 e. The second kappa shape index (κ2) is 5.95. The summed E-state index contributed by atoms with van der Waals surface area (Å²) >= 11 is 5.96. The number of fused-ring (bicyclic) bond motifs is 1. The van der Waals surface area contributed by atoms with Gasteiger partial charge < -0.3 is 14.7 Å². The molecule has 1 heterocycles. The first-order valence-corrected chi connectivity index (χ1v) is 6.89. The number of rotatable bonds is 3. The van der Waals surface area contributed by atoms with Crippen molar-refractivity contribution in [2.45, 2.75) is 6.61 Å². The molecule has 0 spiro atoms. The highest BCUT2D eigenvalue weighted by Crippen LogP contribution is 2.24. The summed E-state index contributed by atoms with van der Waals surface area (Å²) in [4.78, 5) is 28.4. The minimum Gasteiger partial charge on any atom is -0.444 e. The van der Waals surface area contributed by atoms with Crippen LogP contribution >= 0.6 is 11.6 Å². The van der Waals surface area contributed by atoms with Crippen LogP contribution in [0, 0.1) is 0 Å². The van der Waals surface area contributed by atoms with Gasteiger partial charge in [-0.1, -0.05) is 41.9 Å². The number of hydrogen-bond acceptors (Lipinski definition) is 3. The Labute approximate surface area is 130 Å². The van der Waals surface area contributed by atoms with Crippen molar-refractivity contribution >= 4 is 34.4 Å². The summed E-state index contributed by atoms with van der Waals surface area (Å²) in [5.74, 6) is 0. The molecule has 0 aliphatic rings. The fourth-order valence-electron chi connectivity index (χ4n) is 2.07. The first-order valence-electron chi connectivity index (χ1n) is 6.51. The summed E-state index contributed by atoms with van der Waals surface area (Å²) in [5.41, 5.74) is 1.85. The van der Waals surface area contributed by atoms with Gasteiger partial charge in [0.05, 0.1) is 16.7 Å². The number of carbonyl (C=O) groups is 1. The Morgan fingerprint density at radius 1 is 1.18 bits per heavy atom. The molecule has 3 rings (SSSR count). The predicted octanol–water partition coefficient (Wildman–Crippen LogP) is 3.26. The molecule has 0 unspecified atom stereocenters. The molecule has 2 aromatic carbocycles. The van der Waals surface area contributed by atoms with E-state index in [1.165, 1.54) is 6.07 Å². The van der Waals surface area contributed by atoms with Crippen molar-refractivity contribution in [1.29, 1.82) is 0 Å². The lowest BCUT2D eigenvalue weighted by molar-refractivity contribution is 0.155. The van der Waals surface area contributed by atoms with E-state index in [1.54, 1.807) is 6.07 Å². The Hall–Kier alpha value is -2.73. The maximum absolute atomic E-state index is 11.9. The highest BCUT2D eigenvalue weighted by molar-refractivity contribution is 6.31. The first kappa shape index (κ1) is 14.2. The Morgan fingerprint density at radius 2 is 1.95 bits per heavy atom. The monoisotopic (exact) mass is 317 g/mol. The number of amides is 1. The van der Waals surface area contributed by atoms with Crippen LogP contribution in [-0.4, -0.2) is 16.1 Å². The van der Waals surface area contributed by atoms with Crippen molar-refractivity contribution in [3.05, 3.63) is 63.5 Å².